The van der Waals surface area contributed by atoms with Gasteiger partial charge in [-0.1, -0.05) is 72.0 Å². The SMILES string of the molecule is O=C(Cc1ccccc1)Cc1nnc(CCSCc2nnc(NC(=O)[C@@H](O)c3ccccc3)s2)s1. The molecule has 0 aliphatic rings. The van der Waals surface area contributed by atoms with Crippen LogP contribution in [0, 0.1) is 0 Å². The monoisotopic (exact) mass is 525 g/mol. The van der Waals surface area contributed by atoms with E-state index in [1.807, 2.05) is 36.4 Å². The van der Waals surface area contributed by atoms with Crippen LogP contribution in [0.3, 0.4) is 0 Å². The van der Waals surface area contributed by atoms with Crippen molar-refractivity contribution in [3.8, 4) is 0 Å². The van der Waals surface area contributed by atoms with Crippen molar-refractivity contribution in [3.05, 3.63) is 86.8 Å². The van der Waals surface area contributed by atoms with Gasteiger partial charge in [0.25, 0.3) is 5.91 Å². The van der Waals surface area contributed by atoms with Crippen LogP contribution in [0.15, 0.2) is 60.7 Å². The summed E-state index contributed by atoms with van der Waals surface area (Å²) in [5, 5.41) is 32.0. The maximum Gasteiger partial charge on any atom is 0.259 e. The molecule has 0 bridgehead atoms. The summed E-state index contributed by atoms with van der Waals surface area (Å²) in [6.07, 6.45) is 0.197. The van der Waals surface area contributed by atoms with Gasteiger partial charge < -0.3 is 5.11 Å². The third kappa shape index (κ3) is 7.76. The van der Waals surface area contributed by atoms with Crippen molar-refractivity contribution < 1.29 is 14.7 Å². The number of aliphatic hydroxyl groups excluding tert-OH is 1. The molecule has 0 radical (unpaired) electrons. The van der Waals surface area contributed by atoms with Crippen LogP contribution in [0.5, 0.6) is 0 Å². The van der Waals surface area contributed by atoms with E-state index in [9.17, 15) is 14.7 Å². The number of aromatic nitrogens is 4. The van der Waals surface area contributed by atoms with Crippen molar-refractivity contribution >= 4 is 51.3 Å². The van der Waals surface area contributed by atoms with Gasteiger partial charge in [0.15, 0.2) is 6.10 Å². The van der Waals surface area contributed by atoms with Crippen LogP contribution < -0.4 is 5.32 Å². The number of rotatable bonds is 12. The smallest absolute Gasteiger partial charge is 0.259 e. The van der Waals surface area contributed by atoms with E-state index in [0.717, 1.165) is 32.8 Å². The van der Waals surface area contributed by atoms with Crippen molar-refractivity contribution in [1.82, 2.24) is 20.4 Å². The summed E-state index contributed by atoms with van der Waals surface area (Å²) >= 11 is 4.44. The van der Waals surface area contributed by atoms with Gasteiger partial charge >= 0.3 is 0 Å². The van der Waals surface area contributed by atoms with Crippen molar-refractivity contribution in [3.63, 3.8) is 0 Å². The number of ketones is 1. The summed E-state index contributed by atoms with van der Waals surface area (Å²) in [6.45, 7) is 0. The fourth-order valence-electron chi connectivity index (χ4n) is 3.16. The van der Waals surface area contributed by atoms with E-state index in [2.05, 4.69) is 25.7 Å². The normalized spacial score (nSPS) is 11.8. The molecule has 2 N–H and O–H groups in total. The van der Waals surface area contributed by atoms with Gasteiger partial charge in [0.2, 0.25) is 5.13 Å². The zero-order valence-corrected chi connectivity index (χ0v) is 21.1. The number of Topliss-reactive ketones (excluding diaryl/α,β-unsaturated/α-hetero) is 1. The fourth-order valence-corrected chi connectivity index (χ4v) is 5.90. The standard InChI is InChI=1S/C24H23N5O3S3/c30-18(13-16-7-3-1-4-8-16)14-20-27-26-19(34-20)11-12-33-15-21-28-29-24(35-21)25-23(32)22(31)17-9-5-2-6-10-17/h1-10,22,31H,11-15H2,(H,25,29,32)/t22-/m0/s1. The molecule has 1 atom stereocenters. The number of aliphatic hydroxyl groups is 1. The minimum atomic E-state index is -1.26. The van der Waals surface area contributed by atoms with E-state index in [4.69, 9.17) is 0 Å². The number of thioether (sulfide) groups is 1. The molecule has 0 aliphatic heterocycles. The Labute approximate surface area is 214 Å². The van der Waals surface area contributed by atoms with Gasteiger partial charge in [-0.2, -0.15) is 11.8 Å². The van der Waals surface area contributed by atoms with E-state index in [1.165, 1.54) is 22.7 Å². The van der Waals surface area contributed by atoms with Crippen molar-refractivity contribution in [2.75, 3.05) is 11.1 Å². The highest BCUT2D eigenvalue weighted by Gasteiger charge is 2.19. The molecule has 2 aromatic carbocycles. The van der Waals surface area contributed by atoms with Gasteiger partial charge in [-0.15, -0.1) is 31.7 Å². The highest BCUT2D eigenvalue weighted by molar-refractivity contribution is 7.98. The Hall–Kier alpha value is -2.99. The third-order valence-electron chi connectivity index (χ3n) is 4.85. The Morgan fingerprint density at radius 1 is 0.857 bits per heavy atom. The molecule has 11 heteroatoms. The highest BCUT2D eigenvalue weighted by Crippen LogP contribution is 2.23. The van der Waals surface area contributed by atoms with Crippen LogP contribution in [0.25, 0.3) is 0 Å². The number of benzene rings is 2. The number of amides is 1. The lowest BCUT2D eigenvalue weighted by Crippen LogP contribution is -2.20. The summed E-state index contributed by atoms with van der Waals surface area (Å²) in [7, 11) is 0. The molecular weight excluding hydrogens is 502 g/mol. The predicted molar refractivity (Wildman–Crippen MR) is 139 cm³/mol. The molecule has 2 heterocycles. The molecule has 0 unspecified atom stereocenters. The summed E-state index contributed by atoms with van der Waals surface area (Å²) < 4.78 is 0. The first-order valence-electron chi connectivity index (χ1n) is 10.9. The number of aryl methyl sites for hydroxylation is 1. The van der Waals surface area contributed by atoms with Crippen LogP contribution in [0.1, 0.15) is 32.3 Å². The van der Waals surface area contributed by atoms with Crippen molar-refractivity contribution in [2.24, 2.45) is 0 Å². The Bertz CT molecular complexity index is 1250. The molecule has 0 saturated heterocycles. The number of carbonyl (C=O) groups excluding carboxylic acids is 2. The van der Waals surface area contributed by atoms with E-state index in [1.54, 1.807) is 36.0 Å². The van der Waals surface area contributed by atoms with Crippen LogP contribution in [0.2, 0.25) is 0 Å². The van der Waals surface area contributed by atoms with Gasteiger partial charge in [-0.3, -0.25) is 14.9 Å². The third-order valence-corrected chi connectivity index (χ3v) is 7.82. The highest BCUT2D eigenvalue weighted by atomic mass is 32.2. The van der Waals surface area contributed by atoms with Crippen LogP contribution in [-0.2, 0) is 34.6 Å². The maximum absolute atomic E-state index is 12.3. The molecule has 4 aromatic rings. The van der Waals surface area contributed by atoms with Gasteiger partial charge in [-0.25, -0.2) is 0 Å². The second-order valence-corrected chi connectivity index (χ2v) is 10.9. The zero-order valence-electron chi connectivity index (χ0n) is 18.7. The molecule has 0 aliphatic carbocycles. The van der Waals surface area contributed by atoms with Gasteiger partial charge in [0, 0.05) is 24.3 Å². The number of nitrogens with zero attached hydrogens (tertiary/aromatic N) is 4. The number of nitrogens with one attached hydrogen (secondary N) is 1. The second-order valence-electron chi connectivity index (χ2n) is 7.57. The number of carbonyl (C=O) groups is 2. The van der Waals surface area contributed by atoms with E-state index < -0.39 is 12.0 Å². The molecule has 2 aromatic heterocycles. The Kier molecular flexibility index (Phi) is 9.07. The van der Waals surface area contributed by atoms with Crippen LogP contribution in [0.4, 0.5) is 5.13 Å². The molecule has 35 heavy (non-hydrogen) atoms. The number of anilines is 1. The van der Waals surface area contributed by atoms with Crippen molar-refractivity contribution in [1.29, 1.82) is 0 Å². The van der Waals surface area contributed by atoms with E-state index >= 15 is 0 Å². The Morgan fingerprint density at radius 3 is 2.31 bits per heavy atom. The largest absolute Gasteiger partial charge is 0.378 e. The predicted octanol–water partition coefficient (Wildman–Crippen LogP) is 3.89. The zero-order chi connectivity index (χ0) is 24.5. The lowest BCUT2D eigenvalue weighted by molar-refractivity contribution is -0.124. The average Bonchev–Trinajstić information content (AvgIpc) is 3.51. The molecule has 4 rings (SSSR count). The fraction of sp³-hybridized carbons (Fsp3) is 0.250. The summed E-state index contributed by atoms with van der Waals surface area (Å²) in [5.74, 6) is 1.06. The average molecular weight is 526 g/mol. The van der Waals surface area contributed by atoms with Crippen LogP contribution >= 0.6 is 34.4 Å². The molecule has 180 valence electrons. The van der Waals surface area contributed by atoms with Gasteiger partial charge in [-0.05, 0) is 11.1 Å². The van der Waals surface area contributed by atoms with Gasteiger partial charge in [0.1, 0.15) is 20.8 Å². The van der Waals surface area contributed by atoms with Crippen LogP contribution in [-0.4, -0.2) is 42.9 Å². The number of hydrogen-bond acceptors (Lipinski definition) is 10. The molecule has 0 saturated carbocycles. The Morgan fingerprint density at radius 2 is 1.54 bits per heavy atom. The summed E-state index contributed by atoms with van der Waals surface area (Å²) in [5.41, 5.74) is 1.52. The second kappa shape index (κ2) is 12.6. The molecule has 1 amide bonds. The Balaban J connectivity index is 1.16. The molecular formula is C24H23N5O3S3. The summed E-state index contributed by atoms with van der Waals surface area (Å²) in [4.78, 5) is 24.5. The number of hydrogen-bond donors (Lipinski definition) is 2. The first kappa shape index (κ1) is 25.1. The quantitative estimate of drug-likeness (QED) is 0.268. The molecule has 0 spiro atoms. The minimum Gasteiger partial charge on any atom is -0.378 e. The lowest BCUT2D eigenvalue weighted by atomic mass is 10.1. The van der Waals surface area contributed by atoms with E-state index in [0.29, 0.717) is 29.3 Å². The first-order valence-corrected chi connectivity index (χ1v) is 13.7. The maximum atomic E-state index is 12.3. The topological polar surface area (TPSA) is 118 Å². The minimum absolute atomic E-state index is 0.128. The molecule has 0 fully saturated rings. The first-order chi connectivity index (χ1) is 17.1. The van der Waals surface area contributed by atoms with Gasteiger partial charge in [0.05, 0.1) is 6.42 Å². The summed E-state index contributed by atoms with van der Waals surface area (Å²) in [6, 6.07) is 18.4. The molecule has 8 nitrogen and oxygen atoms in total. The lowest BCUT2D eigenvalue weighted by Gasteiger charge is -2.09. The van der Waals surface area contributed by atoms with E-state index in [-0.39, 0.29) is 5.78 Å². The van der Waals surface area contributed by atoms with Crippen molar-refractivity contribution in [2.45, 2.75) is 31.1 Å².